The first-order chi connectivity index (χ1) is 15.5. The first-order valence-electron chi connectivity index (χ1n) is 9.98. The van der Waals surface area contributed by atoms with Gasteiger partial charge >= 0.3 is 0 Å². The molecule has 0 fully saturated rings. The molecule has 2 N–H and O–H groups in total. The maximum atomic E-state index is 12.9. The predicted molar refractivity (Wildman–Crippen MR) is 127 cm³/mol. The average Bonchev–Trinajstić information content (AvgIpc) is 2.82. The van der Waals surface area contributed by atoms with Gasteiger partial charge in [-0.1, -0.05) is 30.3 Å². The van der Waals surface area contributed by atoms with Crippen molar-refractivity contribution in [1.29, 1.82) is 0 Å². The van der Waals surface area contributed by atoms with Crippen LogP contribution in [0.2, 0.25) is 0 Å². The second-order valence-corrected chi connectivity index (χ2v) is 9.59. The van der Waals surface area contributed by atoms with Crippen LogP contribution in [0.1, 0.15) is 12.1 Å². The van der Waals surface area contributed by atoms with Gasteiger partial charge in [0, 0.05) is 18.0 Å². The highest BCUT2D eigenvalue weighted by Crippen LogP contribution is 2.19. The molecular weight excluding hydrogens is 446 g/mol. The molecule has 0 aliphatic heterocycles. The highest BCUT2D eigenvalue weighted by molar-refractivity contribution is 7.98. The highest BCUT2D eigenvalue weighted by atomic mass is 32.2. The normalized spacial score (nSPS) is 12.2. The molecule has 0 aliphatic carbocycles. The quantitative estimate of drug-likeness (QED) is 0.443. The molecule has 9 heteroatoms. The molecule has 0 saturated carbocycles. The SMILES string of the molecule is CSCCC(NS(=O)(=O)c1ccccc1)C(=O)Nc1cccc(OCc2ccccn2)c1. The van der Waals surface area contributed by atoms with E-state index in [9.17, 15) is 13.2 Å². The number of hydrogen-bond donors (Lipinski definition) is 2. The van der Waals surface area contributed by atoms with Crippen molar-refractivity contribution in [2.75, 3.05) is 17.3 Å². The molecule has 0 radical (unpaired) electrons. The van der Waals surface area contributed by atoms with Gasteiger partial charge in [-0.2, -0.15) is 16.5 Å². The van der Waals surface area contributed by atoms with Crippen molar-refractivity contribution in [3.63, 3.8) is 0 Å². The van der Waals surface area contributed by atoms with Crippen LogP contribution in [-0.2, 0) is 21.4 Å². The lowest BCUT2D eigenvalue weighted by Gasteiger charge is -2.18. The minimum absolute atomic E-state index is 0.117. The van der Waals surface area contributed by atoms with Crippen LogP contribution < -0.4 is 14.8 Å². The number of anilines is 1. The number of nitrogens with zero attached hydrogens (tertiary/aromatic N) is 1. The Morgan fingerprint density at radius 3 is 2.56 bits per heavy atom. The van der Waals surface area contributed by atoms with Gasteiger partial charge in [0.15, 0.2) is 0 Å². The maximum Gasteiger partial charge on any atom is 0.242 e. The Morgan fingerprint density at radius 1 is 1.06 bits per heavy atom. The second-order valence-electron chi connectivity index (χ2n) is 6.90. The molecule has 0 saturated heterocycles. The highest BCUT2D eigenvalue weighted by Gasteiger charge is 2.25. The van der Waals surface area contributed by atoms with Gasteiger partial charge in [-0.25, -0.2) is 8.42 Å². The molecule has 1 heterocycles. The molecular formula is C23H25N3O4S2. The number of hydrogen-bond acceptors (Lipinski definition) is 6. The number of ether oxygens (including phenoxy) is 1. The number of carbonyl (C=O) groups is 1. The average molecular weight is 472 g/mol. The first kappa shape index (κ1) is 23.8. The van der Waals surface area contributed by atoms with E-state index in [0.717, 1.165) is 5.69 Å². The number of amides is 1. The molecule has 0 spiro atoms. The lowest BCUT2D eigenvalue weighted by Crippen LogP contribution is -2.44. The van der Waals surface area contributed by atoms with E-state index in [4.69, 9.17) is 4.74 Å². The van der Waals surface area contributed by atoms with Crippen LogP contribution in [0.4, 0.5) is 5.69 Å². The Hall–Kier alpha value is -2.88. The van der Waals surface area contributed by atoms with Gasteiger partial charge in [-0.15, -0.1) is 0 Å². The van der Waals surface area contributed by atoms with E-state index in [-0.39, 0.29) is 4.90 Å². The van der Waals surface area contributed by atoms with Gasteiger partial charge in [-0.05, 0) is 54.8 Å². The second kappa shape index (κ2) is 11.7. The molecule has 3 aromatic rings. The maximum absolute atomic E-state index is 12.9. The Bertz CT molecular complexity index is 1110. The molecule has 1 atom stereocenters. The zero-order valence-electron chi connectivity index (χ0n) is 17.6. The van der Waals surface area contributed by atoms with Gasteiger partial charge < -0.3 is 10.1 Å². The van der Waals surface area contributed by atoms with Gasteiger partial charge in [0.25, 0.3) is 0 Å². The van der Waals surface area contributed by atoms with Crippen LogP contribution in [0.25, 0.3) is 0 Å². The summed E-state index contributed by atoms with van der Waals surface area (Å²) in [6, 6.07) is 19.6. The van der Waals surface area contributed by atoms with Crippen LogP contribution in [0.5, 0.6) is 5.75 Å². The molecule has 1 amide bonds. The third kappa shape index (κ3) is 7.08. The summed E-state index contributed by atoms with van der Waals surface area (Å²) in [4.78, 5) is 17.3. The Labute approximate surface area is 192 Å². The van der Waals surface area contributed by atoms with Crippen molar-refractivity contribution in [3.8, 4) is 5.75 Å². The van der Waals surface area contributed by atoms with Crippen LogP contribution in [0.3, 0.4) is 0 Å². The van der Waals surface area contributed by atoms with E-state index in [0.29, 0.717) is 30.2 Å². The fourth-order valence-electron chi connectivity index (χ4n) is 2.87. The van der Waals surface area contributed by atoms with Gasteiger partial charge in [0.05, 0.1) is 10.6 Å². The number of benzene rings is 2. The van der Waals surface area contributed by atoms with Crippen molar-refractivity contribution < 1.29 is 17.9 Å². The summed E-state index contributed by atoms with van der Waals surface area (Å²) in [7, 11) is -3.83. The van der Waals surface area contributed by atoms with Crippen molar-refractivity contribution >= 4 is 33.4 Å². The largest absolute Gasteiger partial charge is 0.487 e. The van der Waals surface area contributed by atoms with Crippen LogP contribution in [0, 0.1) is 0 Å². The Kier molecular flexibility index (Phi) is 8.66. The summed E-state index contributed by atoms with van der Waals surface area (Å²) >= 11 is 1.54. The number of aromatic nitrogens is 1. The van der Waals surface area contributed by atoms with Crippen molar-refractivity contribution in [3.05, 3.63) is 84.7 Å². The number of nitrogens with one attached hydrogen (secondary N) is 2. The smallest absolute Gasteiger partial charge is 0.242 e. The number of pyridine rings is 1. The van der Waals surface area contributed by atoms with E-state index in [1.54, 1.807) is 60.4 Å². The summed E-state index contributed by atoms with van der Waals surface area (Å²) in [5, 5.41) is 2.79. The molecule has 0 bridgehead atoms. The fraction of sp³-hybridized carbons (Fsp3) is 0.217. The summed E-state index contributed by atoms with van der Waals surface area (Å²) in [6.45, 7) is 0.297. The van der Waals surface area contributed by atoms with Gasteiger partial charge in [0.2, 0.25) is 15.9 Å². The molecule has 168 valence electrons. The minimum atomic E-state index is -3.83. The van der Waals surface area contributed by atoms with E-state index in [2.05, 4.69) is 15.0 Å². The minimum Gasteiger partial charge on any atom is -0.487 e. The number of carbonyl (C=O) groups excluding carboxylic acids is 1. The van der Waals surface area contributed by atoms with Gasteiger partial charge in [-0.3, -0.25) is 9.78 Å². The third-order valence-corrected chi connectivity index (χ3v) is 6.62. The zero-order valence-corrected chi connectivity index (χ0v) is 19.2. The third-order valence-electron chi connectivity index (χ3n) is 4.49. The molecule has 7 nitrogen and oxygen atoms in total. The summed E-state index contributed by atoms with van der Waals surface area (Å²) in [5.41, 5.74) is 1.30. The topological polar surface area (TPSA) is 97.4 Å². The van der Waals surface area contributed by atoms with E-state index >= 15 is 0 Å². The van der Waals surface area contributed by atoms with Crippen molar-refractivity contribution in [1.82, 2.24) is 9.71 Å². The van der Waals surface area contributed by atoms with E-state index in [1.165, 1.54) is 12.1 Å². The van der Waals surface area contributed by atoms with Crippen molar-refractivity contribution in [2.45, 2.75) is 24.0 Å². The van der Waals surface area contributed by atoms with Crippen LogP contribution in [-0.4, -0.2) is 37.4 Å². The van der Waals surface area contributed by atoms with E-state index in [1.807, 2.05) is 24.5 Å². The number of sulfonamides is 1. The lowest BCUT2D eigenvalue weighted by atomic mass is 10.2. The molecule has 1 aromatic heterocycles. The van der Waals surface area contributed by atoms with Gasteiger partial charge in [0.1, 0.15) is 18.4 Å². The number of rotatable bonds is 11. The lowest BCUT2D eigenvalue weighted by molar-refractivity contribution is -0.117. The Balaban J connectivity index is 1.68. The van der Waals surface area contributed by atoms with Crippen molar-refractivity contribution in [2.24, 2.45) is 0 Å². The predicted octanol–water partition coefficient (Wildman–Crippen LogP) is 3.70. The molecule has 3 rings (SSSR count). The van der Waals surface area contributed by atoms with Crippen LogP contribution >= 0.6 is 11.8 Å². The van der Waals surface area contributed by atoms with E-state index < -0.39 is 22.0 Å². The molecule has 0 aliphatic rings. The molecule has 2 aromatic carbocycles. The molecule has 32 heavy (non-hydrogen) atoms. The number of thioether (sulfide) groups is 1. The summed E-state index contributed by atoms with van der Waals surface area (Å²) in [5.74, 6) is 0.766. The van der Waals surface area contributed by atoms with Crippen LogP contribution in [0.15, 0.2) is 83.9 Å². The standard InChI is InChI=1S/C23H25N3O4S2/c1-31-15-13-22(26-32(28,29)21-11-3-2-4-12-21)23(27)25-18-9-7-10-20(16-18)30-17-19-8-5-6-14-24-19/h2-12,14,16,22,26H,13,15,17H2,1H3,(H,25,27). The Morgan fingerprint density at radius 2 is 1.84 bits per heavy atom. The first-order valence-corrected chi connectivity index (χ1v) is 12.9. The fourth-order valence-corrected chi connectivity index (χ4v) is 4.59. The summed E-state index contributed by atoms with van der Waals surface area (Å²) in [6.07, 6.45) is 3.96. The molecule has 1 unspecified atom stereocenters. The zero-order chi connectivity index (χ0) is 22.8. The monoisotopic (exact) mass is 471 g/mol. The summed E-state index contributed by atoms with van der Waals surface area (Å²) < 4.78 is 33.7.